The van der Waals surface area contributed by atoms with Crippen LogP contribution in [-0.2, 0) is 6.54 Å². The number of nitrogens with zero attached hydrogens (tertiary/aromatic N) is 2. The monoisotopic (exact) mass is 263 g/mol. The molecule has 2 aromatic rings. The van der Waals surface area contributed by atoms with E-state index in [0.29, 0.717) is 24.0 Å². The summed E-state index contributed by atoms with van der Waals surface area (Å²) in [7, 11) is 1.56. The zero-order valence-corrected chi connectivity index (χ0v) is 11.2. The van der Waals surface area contributed by atoms with Gasteiger partial charge in [-0.25, -0.2) is 0 Å². The molecule has 0 aliphatic heterocycles. The third kappa shape index (κ3) is 3.23. The molecule has 0 spiro atoms. The zero-order valence-electron chi connectivity index (χ0n) is 11.2. The average Bonchev–Trinajstić information content (AvgIpc) is 2.81. The Bertz CT molecular complexity index is 554. The van der Waals surface area contributed by atoms with Gasteiger partial charge in [0.05, 0.1) is 13.7 Å². The molecule has 1 atom stereocenters. The number of aromatic nitrogens is 2. The molecule has 0 aliphatic carbocycles. The molecule has 19 heavy (non-hydrogen) atoms. The van der Waals surface area contributed by atoms with Crippen molar-refractivity contribution in [1.29, 1.82) is 0 Å². The zero-order chi connectivity index (χ0) is 13.8. The Labute approximate surface area is 111 Å². The van der Waals surface area contributed by atoms with Crippen LogP contribution in [0.2, 0.25) is 0 Å². The van der Waals surface area contributed by atoms with Crippen molar-refractivity contribution < 1.29 is 14.4 Å². The van der Waals surface area contributed by atoms with Crippen molar-refractivity contribution in [2.45, 2.75) is 26.4 Å². The fourth-order valence-electron chi connectivity index (χ4n) is 1.78. The van der Waals surface area contributed by atoms with Gasteiger partial charge >= 0.3 is 0 Å². The Morgan fingerprint density at radius 3 is 2.84 bits per heavy atom. The maximum absolute atomic E-state index is 9.92. The van der Waals surface area contributed by atoms with E-state index in [4.69, 9.17) is 9.26 Å². The SMILES string of the molecule is COc1ccc(C(C)NCc2noc(C)n2)c(O)c1. The molecule has 2 rings (SSSR count). The lowest BCUT2D eigenvalue weighted by molar-refractivity contribution is 0.383. The van der Waals surface area contributed by atoms with Crippen molar-refractivity contribution in [3.8, 4) is 11.5 Å². The number of methoxy groups -OCH3 is 1. The maximum Gasteiger partial charge on any atom is 0.223 e. The number of aromatic hydroxyl groups is 1. The summed E-state index contributed by atoms with van der Waals surface area (Å²) in [6, 6.07) is 5.19. The van der Waals surface area contributed by atoms with Crippen molar-refractivity contribution in [2.24, 2.45) is 0 Å². The van der Waals surface area contributed by atoms with Gasteiger partial charge in [-0.3, -0.25) is 0 Å². The van der Waals surface area contributed by atoms with E-state index in [1.54, 1.807) is 20.1 Å². The van der Waals surface area contributed by atoms with Crippen molar-refractivity contribution in [2.75, 3.05) is 7.11 Å². The minimum absolute atomic E-state index is 0.0373. The minimum atomic E-state index is -0.0373. The minimum Gasteiger partial charge on any atom is -0.507 e. The Kier molecular flexibility index (Phi) is 4.01. The smallest absolute Gasteiger partial charge is 0.223 e. The number of phenols is 1. The first-order valence-corrected chi connectivity index (χ1v) is 5.99. The number of nitrogens with one attached hydrogen (secondary N) is 1. The van der Waals surface area contributed by atoms with Crippen LogP contribution in [0, 0.1) is 6.92 Å². The van der Waals surface area contributed by atoms with Crippen molar-refractivity contribution in [1.82, 2.24) is 15.5 Å². The standard InChI is InChI=1S/C13H17N3O3/c1-8(14-7-13-15-9(2)19-16-13)11-5-4-10(18-3)6-12(11)17/h4-6,8,14,17H,7H2,1-3H3. The molecular formula is C13H17N3O3. The van der Waals surface area contributed by atoms with Crippen LogP contribution >= 0.6 is 0 Å². The third-order valence-electron chi connectivity index (χ3n) is 2.84. The first kappa shape index (κ1) is 13.4. The summed E-state index contributed by atoms with van der Waals surface area (Å²) in [5.41, 5.74) is 0.793. The number of hydrogen-bond acceptors (Lipinski definition) is 6. The molecule has 0 saturated carbocycles. The van der Waals surface area contributed by atoms with E-state index in [0.717, 1.165) is 5.56 Å². The number of benzene rings is 1. The molecule has 0 bridgehead atoms. The highest BCUT2D eigenvalue weighted by atomic mass is 16.5. The summed E-state index contributed by atoms with van der Waals surface area (Å²) < 4.78 is 9.94. The van der Waals surface area contributed by atoms with Gasteiger partial charge in [-0.2, -0.15) is 4.98 Å². The highest BCUT2D eigenvalue weighted by molar-refractivity contribution is 5.41. The lowest BCUT2D eigenvalue weighted by atomic mass is 10.1. The molecule has 6 nitrogen and oxygen atoms in total. The summed E-state index contributed by atoms with van der Waals surface area (Å²) in [6.45, 7) is 4.17. The predicted octanol–water partition coefficient (Wildman–Crippen LogP) is 1.94. The van der Waals surface area contributed by atoms with E-state index >= 15 is 0 Å². The molecule has 0 aliphatic rings. The highest BCUT2D eigenvalue weighted by Gasteiger charge is 2.12. The van der Waals surface area contributed by atoms with Crippen LogP contribution in [0.3, 0.4) is 0 Å². The van der Waals surface area contributed by atoms with Gasteiger partial charge in [-0.1, -0.05) is 11.2 Å². The quantitative estimate of drug-likeness (QED) is 0.858. The molecule has 6 heteroatoms. The first-order valence-electron chi connectivity index (χ1n) is 5.99. The lowest BCUT2D eigenvalue weighted by Gasteiger charge is -2.15. The van der Waals surface area contributed by atoms with Crippen molar-refractivity contribution in [3.05, 3.63) is 35.5 Å². The van der Waals surface area contributed by atoms with Crippen LogP contribution in [-0.4, -0.2) is 22.4 Å². The van der Waals surface area contributed by atoms with E-state index in [1.807, 2.05) is 19.1 Å². The second-order valence-electron chi connectivity index (χ2n) is 4.26. The fourth-order valence-corrected chi connectivity index (χ4v) is 1.78. The van der Waals surface area contributed by atoms with Gasteiger partial charge in [-0.05, 0) is 13.0 Å². The van der Waals surface area contributed by atoms with E-state index < -0.39 is 0 Å². The van der Waals surface area contributed by atoms with Crippen LogP contribution in [0.25, 0.3) is 0 Å². The molecule has 1 aromatic carbocycles. The molecule has 0 saturated heterocycles. The van der Waals surface area contributed by atoms with Gasteiger partial charge in [0.2, 0.25) is 5.89 Å². The normalized spacial score (nSPS) is 12.4. The number of ether oxygens (including phenoxy) is 1. The topological polar surface area (TPSA) is 80.4 Å². The highest BCUT2D eigenvalue weighted by Crippen LogP contribution is 2.28. The van der Waals surface area contributed by atoms with Crippen molar-refractivity contribution in [3.63, 3.8) is 0 Å². The lowest BCUT2D eigenvalue weighted by Crippen LogP contribution is -2.19. The summed E-state index contributed by atoms with van der Waals surface area (Å²) >= 11 is 0. The molecule has 0 fully saturated rings. The number of aryl methyl sites for hydroxylation is 1. The van der Waals surface area contributed by atoms with Gasteiger partial charge in [0.1, 0.15) is 11.5 Å². The summed E-state index contributed by atoms with van der Waals surface area (Å²) in [6.07, 6.45) is 0. The number of hydrogen-bond donors (Lipinski definition) is 2. The van der Waals surface area contributed by atoms with E-state index in [2.05, 4.69) is 15.5 Å². The van der Waals surface area contributed by atoms with Crippen LogP contribution < -0.4 is 10.1 Å². The van der Waals surface area contributed by atoms with Crippen LogP contribution in [0.15, 0.2) is 22.7 Å². The summed E-state index contributed by atoms with van der Waals surface area (Å²) in [5.74, 6) is 1.96. The summed E-state index contributed by atoms with van der Waals surface area (Å²) in [5, 5.41) is 16.9. The maximum atomic E-state index is 9.92. The van der Waals surface area contributed by atoms with Gasteiger partial charge in [0.15, 0.2) is 5.82 Å². The third-order valence-corrected chi connectivity index (χ3v) is 2.84. The van der Waals surface area contributed by atoms with Crippen LogP contribution in [0.1, 0.15) is 30.2 Å². The fraction of sp³-hybridized carbons (Fsp3) is 0.385. The predicted molar refractivity (Wildman–Crippen MR) is 68.9 cm³/mol. The Morgan fingerprint density at radius 1 is 1.47 bits per heavy atom. The average molecular weight is 263 g/mol. The van der Waals surface area contributed by atoms with Gasteiger partial charge in [0, 0.05) is 24.6 Å². The molecule has 102 valence electrons. The largest absolute Gasteiger partial charge is 0.507 e. The van der Waals surface area contributed by atoms with Crippen molar-refractivity contribution >= 4 is 0 Å². The summed E-state index contributed by atoms with van der Waals surface area (Å²) in [4.78, 5) is 4.10. The first-order chi connectivity index (χ1) is 9.10. The Hall–Kier alpha value is -2.08. The van der Waals surface area contributed by atoms with E-state index in [1.165, 1.54) is 0 Å². The Morgan fingerprint density at radius 2 is 2.26 bits per heavy atom. The number of phenolic OH excluding ortho intramolecular Hbond substituents is 1. The Balaban J connectivity index is 2.01. The molecule has 1 heterocycles. The number of rotatable bonds is 5. The second-order valence-corrected chi connectivity index (χ2v) is 4.26. The van der Waals surface area contributed by atoms with Crippen LogP contribution in [0.4, 0.5) is 0 Å². The molecule has 2 N–H and O–H groups in total. The molecule has 0 amide bonds. The molecular weight excluding hydrogens is 246 g/mol. The van der Waals surface area contributed by atoms with Gasteiger partial charge in [0.25, 0.3) is 0 Å². The second kappa shape index (κ2) is 5.71. The molecule has 1 aromatic heterocycles. The van der Waals surface area contributed by atoms with Crippen LogP contribution in [0.5, 0.6) is 11.5 Å². The molecule has 0 radical (unpaired) electrons. The van der Waals surface area contributed by atoms with E-state index in [9.17, 15) is 5.11 Å². The van der Waals surface area contributed by atoms with E-state index in [-0.39, 0.29) is 11.8 Å². The van der Waals surface area contributed by atoms with Gasteiger partial charge in [-0.15, -0.1) is 0 Å². The molecule has 1 unspecified atom stereocenters. The van der Waals surface area contributed by atoms with Gasteiger partial charge < -0.3 is 19.7 Å².